The molecule has 0 saturated heterocycles. The zero-order valence-corrected chi connectivity index (χ0v) is 47.2. The third-order valence-corrected chi connectivity index (χ3v) is 22.2. The summed E-state index contributed by atoms with van der Waals surface area (Å²) in [5.41, 5.74) is 10.3. The van der Waals surface area contributed by atoms with E-state index in [1.807, 2.05) is 0 Å². The minimum atomic E-state index is 1.25. The Kier molecular flexibility index (Phi) is 7.41. The van der Waals surface area contributed by atoms with Crippen LogP contribution in [0.5, 0.6) is 0 Å². The third-order valence-electron chi connectivity index (χ3n) is 22.2. The van der Waals surface area contributed by atoms with E-state index in [4.69, 9.17) is 0 Å². The SMILES string of the molecule is c1cc2c3c(ccc(-c4ccc5c6c4cccc6c4c6c7cccc8cccc(c87)c6c6c7cccc8cccc(c87)c6c54)c3c1)-c1ccc(-c3ccc4c5c3cccc5c3c5c6cccc7cccc(c76)c5c5c6cccc7cccc(c76)c5c43)cc1-2. The van der Waals surface area contributed by atoms with Gasteiger partial charge in [0.05, 0.1) is 0 Å². The molecule has 24 rings (SSSR count). The number of hydrogen-bond donors (Lipinski definition) is 0. The topological polar surface area (TPSA) is 0 Å². The molecule has 394 valence electrons. The summed E-state index contributed by atoms with van der Waals surface area (Å²) < 4.78 is 0. The highest BCUT2D eigenvalue weighted by atomic mass is 14.3. The molecule has 0 aromatic heterocycles. The van der Waals surface area contributed by atoms with Crippen LogP contribution in [0, 0.1) is 0 Å². The van der Waals surface area contributed by atoms with Gasteiger partial charge in [-0.15, -0.1) is 0 Å². The van der Waals surface area contributed by atoms with Crippen LogP contribution in [0.2, 0.25) is 0 Å². The molecule has 0 amide bonds. The lowest BCUT2D eigenvalue weighted by Gasteiger charge is -2.13. The summed E-state index contributed by atoms with van der Waals surface area (Å²) in [5, 5.41) is 51.6. The summed E-state index contributed by atoms with van der Waals surface area (Å²) in [6.07, 6.45) is 0. The van der Waals surface area contributed by atoms with Crippen LogP contribution in [-0.4, -0.2) is 0 Å². The van der Waals surface area contributed by atoms with Crippen molar-refractivity contribution in [2.75, 3.05) is 0 Å². The van der Waals surface area contributed by atoms with Crippen molar-refractivity contribution < 1.29 is 0 Å². The average molecular weight is 1100 g/mol. The lowest BCUT2D eigenvalue weighted by Crippen LogP contribution is -1.85. The van der Waals surface area contributed by atoms with Crippen molar-refractivity contribution in [2.45, 2.75) is 0 Å². The third kappa shape index (κ3) is 4.78. The van der Waals surface area contributed by atoms with Crippen molar-refractivity contribution in [2.24, 2.45) is 0 Å². The molecule has 23 aromatic rings. The summed E-state index contributed by atoms with van der Waals surface area (Å²) in [6.45, 7) is 0. The van der Waals surface area contributed by atoms with Crippen LogP contribution >= 0.6 is 0 Å². The quantitative estimate of drug-likeness (QED) is 0.162. The minimum absolute atomic E-state index is 1.25. The number of hydrogen-bond acceptors (Lipinski definition) is 0. The second-order valence-corrected chi connectivity index (χ2v) is 25.8. The summed E-state index contributed by atoms with van der Waals surface area (Å²) in [5.74, 6) is 0. The highest BCUT2D eigenvalue weighted by Gasteiger charge is 2.31. The number of fused-ring (bicyclic) bond motifs is 27. The molecule has 0 nitrogen and oxygen atoms in total. The normalized spacial score (nSPS) is 13.2. The molecule has 0 spiro atoms. The largest absolute Gasteiger partial charge is 0.0610 e. The predicted molar refractivity (Wildman–Crippen MR) is 381 cm³/mol. The first-order chi connectivity index (χ1) is 43.7. The molecule has 1 aliphatic carbocycles. The van der Waals surface area contributed by atoms with Gasteiger partial charge in [0.25, 0.3) is 0 Å². The van der Waals surface area contributed by atoms with Gasteiger partial charge in [0.15, 0.2) is 0 Å². The fourth-order valence-corrected chi connectivity index (χ4v) is 19.2. The zero-order valence-electron chi connectivity index (χ0n) is 47.2. The van der Waals surface area contributed by atoms with Gasteiger partial charge in [-0.3, -0.25) is 0 Å². The van der Waals surface area contributed by atoms with Crippen molar-refractivity contribution in [1.82, 2.24) is 0 Å². The molecule has 1 aliphatic rings. The Balaban J connectivity index is 0.730. The maximum atomic E-state index is 2.50. The molecule has 0 aliphatic heterocycles. The van der Waals surface area contributed by atoms with Gasteiger partial charge in [0.1, 0.15) is 0 Å². The van der Waals surface area contributed by atoms with E-state index in [0.717, 1.165) is 0 Å². The standard InChI is InChI=1S/C88H42/c1-12-43-16-5-28-61-70(43)57(24-1)77-79-59-26-3-14-45-18-7-30-63(72(45)59)83(79)87-67-40-36-48(52-20-10-32-65(75(52)67)85(87)81(61)77)47-34-35-51-56-39-37-49(53-21-9-23-55(74(53)56)69(51)42-47)50-38-41-68-76-54(50)22-11-33-66(76)86-82-62-29-6-17-44-13-2-25-58(71(44)62)78(82)80-60-27-4-15-46-19-8-31-64(73(46)60)84(80)88(68)86/h1-42H. The smallest absolute Gasteiger partial charge is 0.000695 e. The average Bonchev–Trinajstić information content (AvgIpc) is 1.55. The Morgan fingerprint density at radius 3 is 0.727 bits per heavy atom. The monoisotopic (exact) mass is 1100 g/mol. The fraction of sp³-hybridized carbons (Fsp3) is 0. The molecular formula is C88H42. The summed E-state index contributed by atoms with van der Waals surface area (Å²) in [4.78, 5) is 0. The molecule has 0 saturated carbocycles. The molecule has 0 unspecified atom stereocenters. The van der Waals surface area contributed by atoms with Gasteiger partial charge < -0.3 is 0 Å². The van der Waals surface area contributed by atoms with Gasteiger partial charge in [0.2, 0.25) is 0 Å². The fourth-order valence-electron chi connectivity index (χ4n) is 19.2. The first-order valence-corrected chi connectivity index (χ1v) is 31.2. The van der Waals surface area contributed by atoms with E-state index in [9.17, 15) is 0 Å². The van der Waals surface area contributed by atoms with Crippen molar-refractivity contribution >= 4 is 205 Å². The Morgan fingerprint density at radius 1 is 0.114 bits per heavy atom. The molecule has 0 heterocycles. The molecule has 0 atom stereocenters. The second-order valence-electron chi connectivity index (χ2n) is 25.8. The first-order valence-electron chi connectivity index (χ1n) is 31.2. The van der Waals surface area contributed by atoms with Gasteiger partial charge in [0, 0.05) is 0 Å². The highest BCUT2D eigenvalue weighted by Crippen LogP contribution is 2.60. The number of rotatable bonds is 2. The van der Waals surface area contributed by atoms with Crippen LogP contribution < -0.4 is 0 Å². The van der Waals surface area contributed by atoms with E-state index in [0.29, 0.717) is 0 Å². The van der Waals surface area contributed by atoms with E-state index in [2.05, 4.69) is 255 Å². The van der Waals surface area contributed by atoms with Crippen LogP contribution in [0.1, 0.15) is 0 Å². The van der Waals surface area contributed by atoms with Gasteiger partial charge in [-0.1, -0.05) is 249 Å². The molecule has 0 N–H and O–H groups in total. The van der Waals surface area contributed by atoms with E-state index < -0.39 is 0 Å². The molecular weight excluding hydrogens is 1060 g/mol. The summed E-state index contributed by atoms with van der Waals surface area (Å²) in [7, 11) is 0. The van der Waals surface area contributed by atoms with Gasteiger partial charge in [-0.2, -0.15) is 0 Å². The van der Waals surface area contributed by atoms with Gasteiger partial charge in [-0.25, -0.2) is 0 Å². The van der Waals surface area contributed by atoms with E-state index in [-0.39, 0.29) is 0 Å². The summed E-state index contributed by atoms with van der Waals surface area (Å²) >= 11 is 0. The predicted octanol–water partition coefficient (Wildman–Crippen LogP) is 25.2. The van der Waals surface area contributed by atoms with Crippen molar-refractivity contribution in [3.8, 4) is 44.5 Å². The Morgan fingerprint density at radius 2 is 0.352 bits per heavy atom. The van der Waals surface area contributed by atoms with Crippen LogP contribution in [0.4, 0.5) is 0 Å². The van der Waals surface area contributed by atoms with Crippen LogP contribution in [0.25, 0.3) is 249 Å². The lowest BCUT2D eigenvalue weighted by molar-refractivity contribution is 1.66. The minimum Gasteiger partial charge on any atom is -0.0610 e. The maximum absolute atomic E-state index is 2.50. The summed E-state index contributed by atoms with van der Waals surface area (Å²) in [6, 6.07) is 98.8. The number of benzene rings is 17. The van der Waals surface area contributed by atoms with Crippen LogP contribution in [0.15, 0.2) is 255 Å². The van der Waals surface area contributed by atoms with Gasteiger partial charge in [-0.05, 0) is 255 Å². The molecule has 0 fully saturated rings. The van der Waals surface area contributed by atoms with E-state index in [1.54, 1.807) is 0 Å². The molecule has 88 heavy (non-hydrogen) atoms. The first kappa shape index (κ1) is 44.1. The van der Waals surface area contributed by atoms with E-state index in [1.165, 1.54) is 249 Å². The van der Waals surface area contributed by atoms with Gasteiger partial charge >= 0.3 is 0 Å². The highest BCUT2D eigenvalue weighted by molar-refractivity contribution is 6.58. The maximum Gasteiger partial charge on any atom is -0.000695 e. The second kappa shape index (κ2) is 14.8. The molecule has 0 heteroatoms. The zero-order chi connectivity index (χ0) is 56.3. The lowest BCUT2D eigenvalue weighted by atomic mass is 9.90. The Bertz CT molecular complexity index is 6890. The van der Waals surface area contributed by atoms with Crippen molar-refractivity contribution in [3.05, 3.63) is 255 Å². The Hall–Kier alpha value is -11.4. The Labute approximate surface area is 500 Å². The van der Waals surface area contributed by atoms with Crippen LogP contribution in [0.3, 0.4) is 0 Å². The van der Waals surface area contributed by atoms with Crippen molar-refractivity contribution in [1.29, 1.82) is 0 Å². The molecule has 23 aromatic carbocycles. The van der Waals surface area contributed by atoms with Crippen LogP contribution in [-0.2, 0) is 0 Å². The molecule has 0 radical (unpaired) electrons. The van der Waals surface area contributed by atoms with Crippen molar-refractivity contribution in [3.63, 3.8) is 0 Å². The molecule has 0 bridgehead atoms. The van der Waals surface area contributed by atoms with E-state index >= 15 is 0 Å².